The van der Waals surface area contributed by atoms with E-state index in [1.54, 1.807) is 17.9 Å². The Morgan fingerprint density at radius 3 is 2.71 bits per heavy atom. The van der Waals surface area contributed by atoms with Crippen LogP contribution in [0.4, 0.5) is 5.69 Å². The molecule has 7 heteroatoms. The molecule has 1 amide bonds. The Morgan fingerprint density at radius 1 is 1.19 bits per heavy atom. The number of anilines is 1. The number of nitrogens with two attached hydrogens (primary N) is 1. The molecule has 164 valence electrons. The molecule has 0 saturated carbocycles. The zero-order valence-electron chi connectivity index (χ0n) is 18.0. The third-order valence-electron chi connectivity index (χ3n) is 6.22. The van der Waals surface area contributed by atoms with Crippen LogP contribution in [-0.4, -0.2) is 30.8 Å². The van der Waals surface area contributed by atoms with Crippen LogP contribution in [0.15, 0.2) is 47.1 Å². The smallest absolute Gasteiger partial charge is 0.341 e. The lowest BCUT2D eigenvalue weighted by molar-refractivity contribution is -0.141. The van der Waals surface area contributed by atoms with Gasteiger partial charge in [-0.25, -0.2) is 4.79 Å². The third-order valence-corrected chi connectivity index (χ3v) is 6.22. The van der Waals surface area contributed by atoms with Crippen LogP contribution in [0, 0.1) is 0 Å². The van der Waals surface area contributed by atoms with Crippen molar-refractivity contribution in [2.45, 2.75) is 57.8 Å². The molecule has 2 aliphatic heterocycles. The second-order valence-electron chi connectivity index (χ2n) is 8.07. The van der Waals surface area contributed by atoms with E-state index in [9.17, 15) is 14.4 Å². The average molecular weight is 424 g/mol. The zero-order chi connectivity index (χ0) is 22.2. The lowest BCUT2D eigenvalue weighted by atomic mass is 9.64. The molecule has 2 N–H and O–H groups in total. The summed E-state index contributed by atoms with van der Waals surface area (Å²) < 4.78 is 11.1. The minimum Gasteiger partial charge on any atom is -0.462 e. The number of para-hydroxylation sites is 1. The Labute approximate surface area is 181 Å². The first kappa shape index (κ1) is 21.2. The summed E-state index contributed by atoms with van der Waals surface area (Å²) in [5.41, 5.74) is 6.07. The second kappa shape index (κ2) is 8.21. The Kier molecular flexibility index (Phi) is 5.60. The van der Waals surface area contributed by atoms with E-state index in [4.69, 9.17) is 15.2 Å². The van der Waals surface area contributed by atoms with Crippen molar-refractivity contribution in [1.29, 1.82) is 0 Å². The summed E-state index contributed by atoms with van der Waals surface area (Å²) in [7, 11) is 0. The normalized spacial score (nSPS) is 22.6. The van der Waals surface area contributed by atoms with Crippen LogP contribution in [-0.2, 0) is 29.3 Å². The number of fused-ring (bicyclic) bond motifs is 3. The van der Waals surface area contributed by atoms with Gasteiger partial charge in [-0.3, -0.25) is 9.59 Å². The number of unbranched alkanes of at least 4 members (excludes halogenated alkanes) is 2. The van der Waals surface area contributed by atoms with Gasteiger partial charge in [0.05, 0.1) is 12.2 Å². The van der Waals surface area contributed by atoms with Gasteiger partial charge in [0, 0.05) is 30.6 Å². The fraction of sp³-hybridized carbons (Fsp3) is 0.458. The zero-order valence-corrected chi connectivity index (χ0v) is 18.0. The standard InChI is InChI=1S/C24H28N2O5/c1-3-5-8-14-26-16-11-7-6-10-15(16)24(23(26)29)19-17(27)12-9-13-18(19)31-21(25)20(24)22(28)30-4-2/h6-7,10-11H,3-5,8-9,12-14,25H2,1-2H3. The number of allylic oxidation sites excluding steroid dienone is 1. The summed E-state index contributed by atoms with van der Waals surface area (Å²) in [6.45, 7) is 4.39. The molecule has 1 aliphatic carbocycles. The maximum Gasteiger partial charge on any atom is 0.341 e. The molecular weight excluding hydrogens is 396 g/mol. The van der Waals surface area contributed by atoms with Gasteiger partial charge in [-0.15, -0.1) is 0 Å². The van der Waals surface area contributed by atoms with Crippen molar-refractivity contribution in [2.24, 2.45) is 5.73 Å². The number of Topliss-reactive ketones (excluding diaryl/α,β-unsaturated/α-hetero) is 1. The fourth-order valence-corrected chi connectivity index (χ4v) is 4.96. The number of benzene rings is 1. The number of esters is 1. The number of hydrogen-bond acceptors (Lipinski definition) is 6. The average Bonchev–Trinajstić information content (AvgIpc) is 2.97. The largest absolute Gasteiger partial charge is 0.462 e. The minimum atomic E-state index is -1.62. The van der Waals surface area contributed by atoms with Crippen LogP contribution in [0.5, 0.6) is 0 Å². The molecule has 3 aliphatic rings. The van der Waals surface area contributed by atoms with E-state index in [-0.39, 0.29) is 35.3 Å². The maximum absolute atomic E-state index is 14.2. The lowest BCUT2D eigenvalue weighted by Crippen LogP contribution is -2.51. The molecule has 1 spiro atoms. The molecular formula is C24H28N2O5. The van der Waals surface area contributed by atoms with Gasteiger partial charge in [-0.05, 0) is 25.8 Å². The predicted octanol–water partition coefficient (Wildman–Crippen LogP) is 3.23. The van der Waals surface area contributed by atoms with Crippen LogP contribution in [0.25, 0.3) is 0 Å². The van der Waals surface area contributed by atoms with E-state index in [1.807, 2.05) is 18.2 Å². The van der Waals surface area contributed by atoms with Crippen molar-refractivity contribution in [1.82, 2.24) is 0 Å². The molecule has 4 rings (SSSR count). The molecule has 0 fully saturated rings. The number of hydrogen-bond donors (Lipinski definition) is 1. The Morgan fingerprint density at radius 2 is 1.97 bits per heavy atom. The van der Waals surface area contributed by atoms with E-state index in [0.29, 0.717) is 42.8 Å². The third kappa shape index (κ3) is 3.06. The van der Waals surface area contributed by atoms with Crippen LogP contribution in [0.3, 0.4) is 0 Å². The van der Waals surface area contributed by atoms with Gasteiger partial charge in [0.1, 0.15) is 16.7 Å². The van der Waals surface area contributed by atoms with Crippen molar-refractivity contribution in [3.05, 3.63) is 52.6 Å². The number of amides is 1. The van der Waals surface area contributed by atoms with E-state index < -0.39 is 11.4 Å². The van der Waals surface area contributed by atoms with E-state index in [0.717, 1.165) is 19.3 Å². The molecule has 1 aromatic rings. The Hall–Kier alpha value is -3.09. The van der Waals surface area contributed by atoms with Crippen LogP contribution < -0.4 is 10.6 Å². The highest BCUT2D eigenvalue weighted by molar-refractivity contribution is 6.23. The monoisotopic (exact) mass is 424 g/mol. The maximum atomic E-state index is 14.2. The molecule has 7 nitrogen and oxygen atoms in total. The summed E-state index contributed by atoms with van der Waals surface area (Å²) in [5, 5.41) is 0. The quantitative estimate of drug-likeness (QED) is 0.556. The number of carbonyl (C=O) groups is 3. The number of carbonyl (C=O) groups excluding carboxylic acids is 3. The second-order valence-corrected chi connectivity index (χ2v) is 8.07. The first-order chi connectivity index (χ1) is 15.0. The van der Waals surface area contributed by atoms with Gasteiger partial charge in [0.2, 0.25) is 11.8 Å². The van der Waals surface area contributed by atoms with Crippen LogP contribution >= 0.6 is 0 Å². The highest BCUT2D eigenvalue weighted by Crippen LogP contribution is 2.56. The minimum absolute atomic E-state index is 0.0845. The Balaban J connectivity index is 1.99. The van der Waals surface area contributed by atoms with Crippen molar-refractivity contribution in [3.8, 4) is 0 Å². The number of rotatable bonds is 6. The summed E-state index contributed by atoms with van der Waals surface area (Å²) in [4.78, 5) is 42.2. The highest BCUT2D eigenvalue weighted by Gasteiger charge is 2.63. The van der Waals surface area contributed by atoms with Crippen molar-refractivity contribution >= 4 is 23.3 Å². The predicted molar refractivity (Wildman–Crippen MR) is 115 cm³/mol. The molecule has 0 saturated heterocycles. The van der Waals surface area contributed by atoms with Gasteiger partial charge in [0.15, 0.2) is 5.78 Å². The van der Waals surface area contributed by atoms with Gasteiger partial charge in [-0.1, -0.05) is 38.0 Å². The van der Waals surface area contributed by atoms with Gasteiger partial charge in [-0.2, -0.15) is 0 Å². The number of ketones is 1. The van der Waals surface area contributed by atoms with Crippen molar-refractivity contribution in [3.63, 3.8) is 0 Å². The highest BCUT2D eigenvalue weighted by atomic mass is 16.5. The molecule has 1 atom stereocenters. The molecule has 1 aromatic carbocycles. The van der Waals surface area contributed by atoms with Gasteiger partial charge >= 0.3 is 5.97 Å². The summed E-state index contributed by atoms with van der Waals surface area (Å²) in [6.07, 6.45) is 4.20. The van der Waals surface area contributed by atoms with Crippen LogP contribution in [0.1, 0.15) is 57.9 Å². The topological polar surface area (TPSA) is 98.9 Å². The molecule has 0 bridgehead atoms. The summed E-state index contributed by atoms with van der Waals surface area (Å²) in [5.74, 6) is -1.02. The molecule has 0 aromatic heterocycles. The Bertz CT molecular complexity index is 1010. The molecule has 31 heavy (non-hydrogen) atoms. The summed E-state index contributed by atoms with van der Waals surface area (Å²) in [6, 6.07) is 7.32. The molecule has 0 radical (unpaired) electrons. The van der Waals surface area contributed by atoms with E-state index in [1.165, 1.54) is 0 Å². The van der Waals surface area contributed by atoms with Crippen LogP contribution in [0.2, 0.25) is 0 Å². The summed E-state index contributed by atoms with van der Waals surface area (Å²) >= 11 is 0. The SMILES string of the molecule is CCCCCN1C(=O)C2(C(C(=O)OCC)=C(N)OC3=C2C(=O)CCC3)c2ccccc21. The number of ether oxygens (including phenoxy) is 2. The van der Waals surface area contributed by atoms with Crippen molar-refractivity contribution in [2.75, 3.05) is 18.1 Å². The lowest BCUT2D eigenvalue weighted by Gasteiger charge is -2.38. The fourth-order valence-electron chi connectivity index (χ4n) is 4.96. The molecule has 2 heterocycles. The van der Waals surface area contributed by atoms with E-state index in [2.05, 4.69) is 6.92 Å². The molecule has 1 unspecified atom stereocenters. The number of nitrogens with zero attached hydrogens (tertiary/aromatic N) is 1. The van der Waals surface area contributed by atoms with E-state index >= 15 is 0 Å². The van der Waals surface area contributed by atoms with Gasteiger partial charge in [0.25, 0.3) is 0 Å². The van der Waals surface area contributed by atoms with Gasteiger partial charge < -0.3 is 20.1 Å². The first-order valence-electron chi connectivity index (χ1n) is 11.0. The van der Waals surface area contributed by atoms with Crippen molar-refractivity contribution < 1.29 is 23.9 Å². The first-order valence-corrected chi connectivity index (χ1v) is 11.0.